The summed E-state index contributed by atoms with van der Waals surface area (Å²) in [6, 6.07) is 19.5. The number of nitrogens with one attached hydrogen (secondary N) is 1. The van der Waals surface area contributed by atoms with Gasteiger partial charge in [-0.05, 0) is 72.0 Å². The number of H-pyrrole nitrogens is 1. The zero-order valence-electron chi connectivity index (χ0n) is 26.6. The summed E-state index contributed by atoms with van der Waals surface area (Å²) in [5.41, 5.74) is 4.03. The van der Waals surface area contributed by atoms with E-state index in [9.17, 15) is 23.2 Å². The van der Waals surface area contributed by atoms with E-state index in [2.05, 4.69) is 25.5 Å². The van der Waals surface area contributed by atoms with E-state index in [4.69, 9.17) is 11.6 Å². The number of pyridine rings is 1. The number of aliphatic imine (C=N–C) groups is 1. The molecular formula is C37H22ClF3N8O3. The molecule has 1 saturated carbocycles. The summed E-state index contributed by atoms with van der Waals surface area (Å²) >= 11 is 6.34. The van der Waals surface area contributed by atoms with Crippen molar-refractivity contribution in [2.45, 2.75) is 31.2 Å². The highest BCUT2D eigenvalue weighted by Gasteiger charge is 2.55. The lowest BCUT2D eigenvalue weighted by molar-refractivity contribution is 0.0925. The SMILES string of the molecule is O=C1c2ccccc2C(=O)N1c1n[nH]c2cc(C3=C(F)N=C([C@@H]4[C@H]5C[C@H]5c5cc(-c6cc(Cl)ccc6-n6cc(C(F)F)nn6)cc(=O)n54)C3)ccc12. The second kappa shape index (κ2) is 10.9. The van der Waals surface area contributed by atoms with E-state index in [1.165, 1.54) is 10.7 Å². The number of fused-ring (bicyclic) bond motifs is 5. The minimum atomic E-state index is -2.80. The van der Waals surface area contributed by atoms with Gasteiger partial charge in [-0.3, -0.25) is 19.5 Å². The normalized spacial score (nSPS) is 20.3. The first-order valence-electron chi connectivity index (χ1n) is 16.4. The van der Waals surface area contributed by atoms with Crippen LogP contribution in [0.2, 0.25) is 5.02 Å². The average Bonchev–Trinajstić information content (AvgIpc) is 3.56. The van der Waals surface area contributed by atoms with E-state index >= 15 is 4.39 Å². The van der Waals surface area contributed by atoms with Crippen molar-refractivity contribution in [1.82, 2.24) is 29.8 Å². The lowest BCUT2D eigenvalue weighted by Gasteiger charge is -2.20. The maximum Gasteiger partial charge on any atom is 0.283 e. The van der Waals surface area contributed by atoms with E-state index in [0.29, 0.717) is 60.7 Å². The Morgan fingerprint density at radius 1 is 0.904 bits per heavy atom. The number of imide groups is 1. The predicted octanol–water partition coefficient (Wildman–Crippen LogP) is 7.21. The zero-order chi connectivity index (χ0) is 35.6. The van der Waals surface area contributed by atoms with Crippen molar-refractivity contribution >= 4 is 51.4 Å². The third kappa shape index (κ3) is 4.43. The van der Waals surface area contributed by atoms with Gasteiger partial charge in [0.15, 0.2) is 5.82 Å². The Balaban J connectivity index is 0.944. The maximum absolute atomic E-state index is 15.7. The van der Waals surface area contributed by atoms with Crippen molar-refractivity contribution in [3.63, 3.8) is 0 Å². The van der Waals surface area contributed by atoms with E-state index in [1.54, 1.807) is 65.2 Å². The van der Waals surface area contributed by atoms with Gasteiger partial charge in [-0.25, -0.2) is 23.4 Å². The number of amides is 2. The molecule has 3 aromatic carbocycles. The second-order valence-corrected chi connectivity index (χ2v) is 13.7. The van der Waals surface area contributed by atoms with Crippen LogP contribution >= 0.6 is 11.6 Å². The number of nitrogens with zero attached hydrogens (tertiary/aromatic N) is 7. The molecule has 0 unspecified atom stereocenters. The lowest BCUT2D eigenvalue weighted by Crippen LogP contribution is -2.29. The highest BCUT2D eigenvalue weighted by molar-refractivity contribution is 6.35. The molecule has 0 radical (unpaired) electrons. The molecule has 0 spiro atoms. The second-order valence-electron chi connectivity index (χ2n) is 13.2. The third-order valence-electron chi connectivity index (χ3n) is 10.3. The molecule has 0 saturated heterocycles. The molecule has 2 amide bonds. The molecule has 1 fully saturated rings. The summed E-state index contributed by atoms with van der Waals surface area (Å²) in [4.78, 5) is 45.4. The van der Waals surface area contributed by atoms with Crippen LogP contribution in [-0.2, 0) is 0 Å². The molecule has 0 bridgehead atoms. The van der Waals surface area contributed by atoms with Gasteiger partial charge in [-0.1, -0.05) is 35.0 Å². The summed E-state index contributed by atoms with van der Waals surface area (Å²) in [6.45, 7) is 0. The fraction of sp³-hybridized carbons (Fsp3) is 0.162. The minimum Gasteiger partial charge on any atom is -0.303 e. The first kappa shape index (κ1) is 30.7. The molecule has 1 aliphatic carbocycles. The molecule has 256 valence electrons. The number of allylic oxidation sites excluding steroid dienone is 1. The molecule has 52 heavy (non-hydrogen) atoms. The Bertz CT molecular complexity index is 2680. The number of hydrogen-bond donors (Lipinski definition) is 1. The van der Waals surface area contributed by atoms with Crippen LogP contribution in [0.25, 0.3) is 33.3 Å². The highest BCUT2D eigenvalue weighted by atomic mass is 35.5. The van der Waals surface area contributed by atoms with Gasteiger partial charge in [0.25, 0.3) is 23.8 Å². The maximum atomic E-state index is 15.7. The molecule has 10 rings (SSSR count). The van der Waals surface area contributed by atoms with Gasteiger partial charge in [0, 0.05) is 51.4 Å². The van der Waals surface area contributed by atoms with Gasteiger partial charge in [-0.2, -0.15) is 9.49 Å². The molecule has 3 atom stereocenters. The van der Waals surface area contributed by atoms with Crippen molar-refractivity contribution in [3.8, 4) is 16.8 Å². The number of benzene rings is 3. The largest absolute Gasteiger partial charge is 0.303 e. The van der Waals surface area contributed by atoms with Crippen LogP contribution in [0, 0.1) is 5.92 Å². The number of alkyl halides is 2. The number of aromatic amines is 1. The van der Waals surface area contributed by atoms with Crippen molar-refractivity contribution in [1.29, 1.82) is 0 Å². The van der Waals surface area contributed by atoms with Crippen molar-refractivity contribution in [2.75, 3.05) is 4.90 Å². The number of carbonyl (C=O) groups excluding carboxylic acids is 2. The highest BCUT2D eigenvalue weighted by Crippen LogP contribution is 2.60. The van der Waals surface area contributed by atoms with Crippen LogP contribution in [0.1, 0.15) is 68.9 Å². The summed E-state index contributed by atoms with van der Waals surface area (Å²) in [6.07, 6.45) is -0.683. The summed E-state index contributed by atoms with van der Waals surface area (Å²) in [7, 11) is 0. The van der Waals surface area contributed by atoms with Gasteiger partial charge in [0.2, 0.25) is 5.95 Å². The molecule has 11 nitrogen and oxygen atoms in total. The van der Waals surface area contributed by atoms with Crippen LogP contribution < -0.4 is 10.5 Å². The van der Waals surface area contributed by atoms with Crippen LogP contribution in [0.5, 0.6) is 0 Å². The van der Waals surface area contributed by atoms with E-state index < -0.39 is 35.9 Å². The Labute approximate surface area is 295 Å². The van der Waals surface area contributed by atoms with Crippen molar-refractivity contribution < 1.29 is 22.8 Å². The van der Waals surface area contributed by atoms with Crippen LogP contribution in [0.15, 0.2) is 94.7 Å². The average molecular weight is 719 g/mol. The van der Waals surface area contributed by atoms with Gasteiger partial charge in [0.05, 0.1) is 34.6 Å². The Kier molecular flexibility index (Phi) is 6.44. The quantitative estimate of drug-likeness (QED) is 0.143. The van der Waals surface area contributed by atoms with Gasteiger partial charge in [-0.15, -0.1) is 5.10 Å². The monoisotopic (exact) mass is 718 g/mol. The third-order valence-corrected chi connectivity index (χ3v) is 10.6. The van der Waals surface area contributed by atoms with Crippen LogP contribution in [0.4, 0.5) is 19.0 Å². The molecule has 4 aliphatic rings. The van der Waals surface area contributed by atoms with Gasteiger partial charge < -0.3 is 4.57 Å². The van der Waals surface area contributed by atoms with E-state index in [-0.39, 0.29) is 29.6 Å². The van der Waals surface area contributed by atoms with E-state index in [0.717, 1.165) is 23.2 Å². The first-order chi connectivity index (χ1) is 25.2. The number of carbonyl (C=O) groups is 2. The van der Waals surface area contributed by atoms with Crippen molar-refractivity contribution in [2.24, 2.45) is 10.9 Å². The number of hydrogen-bond acceptors (Lipinski definition) is 7. The number of halogens is 4. The number of aromatic nitrogens is 6. The van der Waals surface area contributed by atoms with Crippen LogP contribution in [0.3, 0.4) is 0 Å². The molecule has 15 heteroatoms. The lowest BCUT2D eigenvalue weighted by atomic mass is 9.97. The first-order valence-corrected chi connectivity index (χ1v) is 16.7. The Hall–Kier alpha value is -6.15. The topological polar surface area (TPSA) is 131 Å². The number of rotatable bonds is 6. The zero-order valence-corrected chi connectivity index (χ0v) is 27.4. The molecule has 1 N–H and O–H groups in total. The van der Waals surface area contributed by atoms with Crippen LogP contribution in [-0.4, -0.2) is 47.3 Å². The summed E-state index contributed by atoms with van der Waals surface area (Å²) < 4.78 is 45.2. The molecule has 3 aromatic heterocycles. The molecule has 3 aliphatic heterocycles. The Morgan fingerprint density at radius 3 is 2.44 bits per heavy atom. The van der Waals surface area contributed by atoms with Gasteiger partial charge in [0.1, 0.15) is 5.69 Å². The fourth-order valence-electron chi connectivity index (χ4n) is 7.89. The van der Waals surface area contributed by atoms with Gasteiger partial charge >= 0.3 is 0 Å². The molecule has 6 heterocycles. The molecular weight excluding hydrogens is 697 g/mol. The number of anilines is 1. The Morgan fingerprint density at radius 2 is 1.69 bits per heavy atom. The molecule has 6 aromatic rings. The predicted molar refractivity (Wildman–Crippen MR) is 185 cm³/mol. The standard InChI is InChI=1S/C37H22ClF3N8O3/c38-18-6-8-29(47-15-28(33(39)40)44-46-47)22(12-18)17-10-30-24-13-25(24)32(48(30)31(50)11-17)27-14-23(34(41)42-27)16-5-7-21-26(9-16)43-45-35(21)49-36(51)19-3-1-2-4-20(19)37(49)52/h1-12,15,24-25,32-33H,13-14H2,(H,43,45)/t24-,25+,32+/m1/s1. The summed E-state index contributed by atoms with van der Waals surface area (Å²) in [5.74, 6) is -1.29. The minimum absolute atomic E-state index is 0.0637. The van der Waals surface area contributed by atoms with Crippen molar-refractivity contribution in [3.05, 3.63) is 128 Å². The fourth-order valence-corrected chi connectivity index (χ4v) is 8.06. The smallest absolute Gasteiger partial charge is 0.283 e. The van der Waals surface area contributed by atoms with E-state index in [1.807, 2.05) is 6.07 Å². The summed E-state index contributed by atoms with van der Waals surface area (Å²) in [5, 5.41) is 15.5.